The van der Waals surface area contributed by atoms with Gasteiger partial charge >= 0.3 is 5.97 Å². The fraction of sp³-hybridized carbons (Fsp3) is 0. The average Bonchev–Trinajstić information content (AvgIpc) is 2.68. The van der Waals surface area contributed by atoms with Crippen LogP contribution in [0.2, 0.25) is 5.02 Å². The molecule has 2 aromatic heterocycles. The molecule has 0 unspecified atom stereocenters. The van der Waals surface area contributed by atoms with E-state index in [4.69, 9.17) is 21.2 Å². The first kappa shape index (κ1) is 9.60. The molecule has 6 nitrogen and oxygen atoms in total. The second-order valence-electron chi connectivity index (χ2n) is 2.59. The largest absolute Gasteiger partial charge is 0.475 e. The van der Waals surface area contributed by atoms with Gasteiger partial charge in [-0.15, -0.1) is 0 Å². The maximum absolute atomic E-state index is 10.5. The van der Waals surface area contributed by atoms with Gasteiger partial charge in [0.05, 0.1) is 5.02 Å². The van der Waals surface area contributed by atoms with Crippen LogP contribution in [-0.4, -0.2) is 26.2 Å². The topological polar surface area (TPSA) is 89.1 Å². The summed E-state index contributed by atoms with van der Waals surface area (Å²) in [5.74, 6) is -1.61. The smallest absolute Gasteiger partial charge is 0.377 e. The third-order valence-electron chi connectivity index (χ3n) is 1.56. The molecule has 0 aliphatic heterocycles. The van der Waals surface area contributed by atoms with Gasteiger partial charge in [0.2, 0.25) is 0 Å². The summed E-state index contributed by atoms with van der Waals surface area (Å²) in [7, 11) is 0. The summed E-state index contributed by atoms with van der Waals surface area (Å²) in [6.45, 7) is 0. The van der Waals surface area contributed by atoms with E-state index in [1.807, 2.05) is 0 Å². The van der Waals surface area contributed by atoms with Crippen molar-refractivity contribution in [2.24, 2.45) is 0 Å². The van der Waals surface area contributed by atoms with Gasteiger partial charge < -0.3 is 9.63 Å². The van der Waals surface area contributed by atoms with Gasteiger partial charge in [0.1, 0.15) is 5.69 Å². The number of halogens is 1. The SMILES string of the molecule is O=C(O)c1noc(-c2ccc(Cl)cn2)n1. The predicted molar refractivity (Wildman–Crippen MR) is 49.5 cm³/mol. The van der Waals surface area contributed by atoms with Crippen LogP contribution in [0, 0.1) is 0 Å². The molecule has 0 radical (unpaired) electrons. The van der Waals surface area contributed by atoms with Crippen molar-refractivity contribution >= 4 is 17.6 Å². The van der Waals surface area contributed by atoms with Crippen molar-refractivity contribution in [1.82, 2.24) is 15.1 Å². The van der Waals surface area contributed by atoms with Gasteiger partial charge in [-0.05, 0) is 17.3 Å². The second-order valence-corrected chi connectivity index (χ2v) is 3.03. The van der Waals surface area contributed by atoms with Gasteiger partial charge in [0.25, 0.3) is 11.7 Å². The van der Waals surface area contributed by atoms with E-state index in [-0.39, 0.29) is 5.89 Å². The Bertz CT molecular complexity index is 494. The molecule has 2 heterocycles. The minimum atomic E-state index is -1.25. The lowest BCUT2D eigenvalue weighted by Gasteiger charge is -1.91. The molecule has 0 saturated carbocycles. The van der Waals surface area contributed by atoms with Crippen LogP contribution in [0.5, 0.6) is 0 Å². The van der Waals surface area contributed by atoms with Gasteiger partial charge in [-0.3, -0.25) is 0 Å². The highest BCUT2D eigenvalue weighted by molar-refractivity contribution is 6.30. The van der Waals surface area contributed by atoms with Crippen LogP contribution < -0.4 is 0 Å². The molecule has 0 aliphatic carbocycles. The molecule has 2 aromatic rings. The van der Waals surface area contributed by atoms with E-state index in [1.54, 1.807) is 12.1 Å². The van der Waals surface area contributed by atoms with Crippen molar-refractivity contribution in [2.75, 3.05) is 0 Å². The van der Waals surface area contributed by atoms with E-state index in [0.717, 1.165) is 0 Å². The molecule has 1 N–H and O–H groups in total. The first-order valence-corrected chi connectivity index (χ1v) is 4.23. The Labute approximate surface area is 88.5 Å². The van der Waals surface area contributed by atoms with Crippen molar-refractivity contribution < 1.29 is 14.4 Å². The minimum absolute atomic E-state index is 0.0454. The minimum Gasteiger partial charge on any atom is -0.475 e. The zero-order valence-electron chi connectivity index (χ0n) is 7.22. The lowest BCUT2D eigenvalue weighted by atomic mass is 10.3. The van der Waals surface area contributed by atoms with Crippen LogP contribution in [0.1, 0.15) is 10.6 Å². The Balaban J connectivity index is 2.37. The third kappa shape index (κ3) is 1.94. The number of hydrogen-bond donors (Lipinski definition) is 1. The van der Waals surface area contributed by atoms with Gasteiger partial charge in [-0.1, -0.05) is 11.6 Å². The zero-order chi connectivity index (χ0) is 10.8. The first-order valence-electron chi connectivity index (χ1n) is 3.86. The number of pyridine rings is 1. The van der Waals surface area contributed by atoms with Crippen molar-refractivity contribution in [1.29, 1.82) is 0 Å². The molecule has 2 rings (SSSR count). The molecule has 0 fully saturated rings. The van der Waals surface area contributed by atoms with Crippen LogP contribution in [0.4, 0.5) is 0 Å². The maximum Gasteiger partial charge on any atom is 0.377 e. The molecule has 76 valence electrons. The molecule has 0 amide bonds. The van der Waals surface area contributed by atoms with Gasteiger partial charge in [0.15, 0.2) is 0 Å². The van der Waals surface area contributed by atoms with E-state index >= 15 is 0 Å². The van der Waals surface area contributed by atoms with Crippen LogP contribution in [0.25, 0.3) is 11.6 Å². The summed E-state index contributed by atoms with van der Waals surface area (Å²) in [6, 6.07) is 3.15. The highest BCUT2D eigenvalue weighted by Gasteiger charge is 2.14. The number of rotatable bonds is 2. The summed E-state index contributed by atoms with van der Waals surface area (Å²) in [4.78, 5) is 18.0. The fourth-order valence-corrected chi connectivity index (χ4v) is 1.03. The Hall–Kier alpha value is -1.95. The Morgan fingerprint density at radius 1 is 1.47 bits per heavy atom. The number of carboxylic acids is 1. The number of carbonyl (C=O) groups is 1. The molecule has 0 saturated heterocycles. The summed E-state index contributed by atoms with van der Waals surface area (Å²) in [6.07, 6.45) is 1.40. The normalized spacial score (nSPS) is 10.2. The van der Waals surface area contributed by atoms with E-state index in [2.05, 4.69) is 15.1 Å². The molecular formula is C8H4ClN3O3. The average molecular weight is 226 g/mol. The van der Waals surface area contributed by atoms with Crippen molar-refractivity contribution in [3.8, 4) is 11.6 Å². The van der Waals surface area contributed by atoms with Crippen molar-refractivity contribution in [2.45, 2.75) is 0 Å². The van der Waals surface area contributed by atoms with E-state index < -0.39 is 11.8 Å². The van der Waals surface area contributed by atoms with Gasteiger partial charge in [-0.25, -0.2) is 9.78 Å². The quantitative estimate of drug-likeness (QED) is 0.833. The molecule has 15 heavy (non-hydrogen) atoms. The number of hydrogen-bond acceptors (Lipinski definition) is 5. The van der Waals surface area contributed by atoms with Crippen LogP contribution in [0.3, 0.4) is 0 Å². The summed E-state index contributed by atoms with van der Waals surface area (Å²) < 4.78 is 4.70. The Kier molecular flexibility index (Phi) is 2.34. The third-order valence-corrected chi connectivity index (χ3v) is 1.79. The monoisotopic (exact) mass is 225 g/mol. The fourth-order valence-electron chi connectivity index (χ4n) is 0.917. The number of nitrogens with zero attached hydrogens (tertiary/aromatic N) is 3. The molecule has 0 aromatic carbocycles. The lowest BCUT2D eigenvalue weighted by Crippen LogP contribution is -1.98. The second kappa shape index (κ2) is 3.66. The van der Waals surface area contributed by atoms with Crippen molar-refractivity contribution in [3.63, 3.8) is 0 Å². The van der Waals surface area contributed by atoms with Crippen molar-refractivity contribution in [3.05, 3.63) is 29.2 Å². The molecule has 0 spiro atoms. The summed E-state index contributed by atoms with van der Waals surface area (Å²) in [5.41, 5.74) is 0.374. The van der Waals surface area contributed by atoms with E-state index in [9.17, 15) is 4.79 Å². The zero-order valence-corrected chi connectivity index (χ0v) is 7.97. The number of aromatic carboxylic acids is 1. The van der Waals surface area contributed by atoms with Crippen LogP contribution in [0.15, 0.2) is 22.9 Å². The molecule has 0 atom stereocenters. The first-order chi connectivity index (χ1) is 7.16. The summed E-state index contributed by atoms with van der Waals surface area (Å²) in [5, 5.41) is 12.3. The molecule has 0 bridgehead atoms. The number of aromatic nitrogens is 3. The van der Waals surface area contributed by atoms with E-state index in [1.165, 1.54) is 6.20 Å². The highest BCUT2D eigenvalue weighted by Crippen LogP contribution is 2.16. The van der Waals surface area contributed by atoms with E-state index in [0.29, 0.717) is 10.7 Å². The maximum atomic E-state index is 10.5. The van der Waals surface area contributed by atoms with Crippen LogP contribution in [-0.2, 0) is 0 Å². The molecular weight excluding hydrogens is 222 g/mol. The number of carboxylic acid groups (broad SMARTS) is 1. The lowest BCUT2D eigenvalue weighted by molar-refractivity contribution is 0.0680. The summed E-state index contributed by atoms with van der Waals surface area (Å²) >= 11 is 5.63. The molecule has 7 heteroatoms. The Morgan fingerprint density at radius 3 is 2.80 bits per heavy atom. The van der Waals surface area contributed by atoms with Crippen LogP contribution >= 0.6 is 11.6 Å². The predicted octanol–water partition coefficient (Wildman–Crippen LogP) is 1.48. The highest BCUT2D eigenvalue weighted by atomic mass is 35.5. The van der Waals surface area contributed by atoms with Gasteiger partial charge in [-0.2, -0.15) is 4.98 Å². The van der Waals surface area contributed by atoms with Gasteiger partial charge in [0, 0.05) is 6.20 Å². The standard InChI is InChI=1S/C8H4ClN3O3/c9-4-1-2-5(10-3-4)7-11-6(8(13)14)12-15-7/h1-3H,(H,13,14). The molecule has 0 aliphatic rings. The Morgan fingerprint density at radius 2 is 2.27 bits per heavy atom.